The van der Waals surface area contributed by atoms with E-state index in [4.69, 9.17) is 10.00 Å². The Balaban J connectivity index is 2.31. The Morgan fingerprint density at radius 3 is 2.42 bits per heavy atom. The highest BCUT2D eigenvalue weighted by molar-refractivity contribution is 5.93. The zero-order valence-electron chi connectivity index (χ0n) is 13.5. The van der Waals surface area contributed by atoms with Crippen LogP contribution in [0.2, 0.25) is 0 Å². The number of alkyl halides is 3. The van der Waals surface area contributed by atoms with Gasteiger partial charge in [-0.05, 0) is 24.6 Å². The molecule has 0 aromatic heterocycles. The van der Waals surface area contributed by atoms with E-state index in [-0.39, 0.29) is 6.61 Å². The van der Waals surface area contributed by atoms with Crippen molar-refractivity contribution in [3.8, 4) is 11.8 Å². The summed E-state index contributed by atoms with van der Waals surface area (Å²) in [5.41, 5.74) is -0.761. The number of rotatable bonds is 5. The predicted molar refractivity (Wildman–Crippen MR) is 82.8 cm³/mol. The molecule has 8 heteroatoms. The second kappa shape index (κ2) is 7.87. The van der Waals surface area contributed by atoms with Gasteiger partial charge < -0.3 is 9.47 Å². The van der Waals surface area contributed by atoms with Crippen LogP contribution in [0.1, 0.15) is 28.4 Å². The second-order valence-corrected chi connectivity index (χ2v) is 5.28. The zero-order chi connectivity index (χ0) is 19.3. The maximum Gasteiger partial charge on any atom is 0.425 e. The van der Waals surface area contributed by atoms with Crippen LogP contribution in [0.5, 0.6) is 5.75 Å². The minimum atomic E-state index is -4.71. The van der Waals surface area contributed by atoms with Crippen LogP contribution in [0.3, 0.4) is 0 Å². The van der Waals surface area contributed by atoms with E-state index in [9.17, 15) is 22.4 Å². The molecule has 0 unspecified atom stereocenters. The van der Waals surface area contributed by atoms with Gasteiger partial charge in [-0.2, -0.15) is 18.4 Å². The summed E-state index contributed by atoms with van der Waals surface area (Å²) in [5, 5.41) is 8.87. The number of halogens is 4. The van der Waals surface area contributed by atoms with Crippen molar-refractivity contribution < 1.29 is 31.8 Å². The van der Waals surface area contributed by atoms with Crippen molar-refractivity contribution >= 4 is 5.97 Å². The fourth-order valence-electron chi connectivity index (χ4n) is 1.99. The maximum absolute atomic E-state index is 14.4. The van der Waals surface area contributed by atoms with Gasteiger partial charge in [0.25, 0.3) is 0 Å². The lowest BCUT2D eigenvalue weighted by Crippen LogP contribution is -2.32. The first-order chi connectivity index (χ1) is 12.2. The third-order valence-electron chi connectivity index (χ3n) is 3.41. The van der Waals surface area contributed by atoms with E-state index in [1.54, 1.807) is 30.3 Å². The molecular weight excluding hydrogens is 354 g/mol. The largest absolute Gasteiger partial charge is 0.480 e. The Morgan fingerprint density at radius 1 is 1.19 bits per heavy atom. The first-order valence-electron chi connectivity index (χ1n) is 7.41. The molecule has 1 atom stereocenters. The van der Waals surface area contributed by atoms with E-state index >= 15 is 0 Å². The minimum Gasteiger partial charge on any atom is -0.480 e. The average molecular weight is 367 g/mol. The zero-order valence-corrected chi connectivity index (χ0v) is 13.5. The van der Waals surface area contributed by atoms with Gasteiger partial charge in [0.15, 0.2) is 11.9 Å². The predicted octanol–water partition coefficient (Wildman–Crippen LogP) is 4.38. The van der Waals surface area contributed by atoms with Crippen LogP contribution in [0.4, 0.5) is 17.6 Å². The van der Waals surface area contributed by atoms with Crippen LogP contribution in [-0.4, -0.2) is 18.2 Å². The van der Waals surface area contributed by atoms with E-state index in [1.807, 2.05) is 0 Å². The number of nitriles is 1. The lowest BCUT2D eigenvalue weighted by molar-refractivity contribution is -0.189. The van der Waals surface area contributed by atoms with Crippen LogP contribution in [0.25, 0.3) is 0 Å². The van der Waals surface area contributed by atoms with E-state index in [1.165, 1.54) is 6.07 Å². The van der Waals surface area contributed by atoms with Gasteiger partial charge in [0.05, 0.1) is 5.56 Å². The number of esters is 1. The molecule has 26 heavy (non-hydrogen) atoms. The molecule has 0 aliphatic heterocycles. The molecule has 0 saturated heterocycles. The van der Waals surface area contributed by atoms with Crippen molar-refractivity contribution in [2.45, 2.75) is 25.8 Å². The molecule has 0 fully saturated rings. The van der Waals surface area contributed by atoms with Crippen LogP contribution < -0.4 is 4.74 Å². The SMILES string of the molecule is C[C@H](Oc1ccc(C#N)c(F)c1C(=O)OCc1ccccc1)C(F)(F)F. The smallest absolute Gasteiger partial charge is 0.425 e. The summed E-state index contributed by atoms with van der Waals surface area (Å²) >= 11 is 0. The van der Waals surface area contributed by atoms with Crippen LogP contribution >= 0.6 is 0 Å². The van der Waals surface area contributed by atoms with Gasteiger partial charge >= 0.3 is 12.1 Å². The van der Waals surface area contributed by atoms with E-state index in [0.29, 0.717) is 5.56 Å². The van der Waals surface area contributed by atoms with Crippen molar-refractivity contribution in [2.75, 3.05) is 0 Å². The molecule has 0 amide bonds. The van der Waals surface area contributed by atoms with E-state index in [2.05, 4.69) is 4.74 Å². The molecule has 2 rings (SSSR count). The molecule has 2 aromatic carbocycles. The summed E-state index contributed by atoms with van der Waals surface area (Å²) in [6, 6.07) is 11.8. The molecule has 0 bridgehead atoms. The van der Waals surface area contributed by atoms with Gasteiger partial charge in [-0.3, -0.25) is 0 Å². The fraction of sp³-hybridized carbons (Fsp3) is 0.222. The lowest BCUT2D eigenvalue weighted by atomic mass is 10.1. The van der Waals surface area contributed by atoms with Crippen molar-refractivity contribution in [1.29, 1.82) is 5.26 Å². The quantitative estimate of drug-likeness (QED) is 0.581. The van der Waals surface area contributed by atoms with Gasteiger partial charge in [-0.15, -0.1) is 0 Å². The fourth-order valence-corrected chi connectivity index (χ4v) is 1.99. The summed E-state index contributed by atoms with van der Waals surface area (Å²) in [4.78, 5) is 12.2. The monoisotopic (exact) mass is 367 g/mol. The molecule has 2 aromatic rings. The Hall–Kier alpha value is -3.08. The third-order valence-corrected chi connectivity index (χ3v) is 3.41. The highest BCUT2D eigenvalue weighted by Gasteiger charge is 2.39. The number of hydrogen-bond acceptors (Lipinski definition) is 4. The standard InChI is InChI=1S/C18H13F4NO3/c1-11(18(20,21)22)26-14-8-7-13(9-23)16(19)15(14)17(24)25-10-12-5-3-2-4-6-12/h2-8,11H,10H2,1H3/t11-/m0/s1. The van der Waals surface area contributed by atoms with Crippen LogP contribution in [-0.2, 0) is 11.3 Å². The molecular formula is C18H13F4NO3. The van der Waals surface area contributed by atoms with Crippen LogP contribution in [0.15, 0.2) is 42.5 Å². The van der Waals surface area contributed by atoms with Crippen molar-refractivity contribution in [3.63, 3.8) is 0 Å². The highest BCUT2D eigenvalue weighted by Crippen LogP contribution is 2.30. The molecule has 0 spiro atoms. The van der Waals surface area contributed by atoms with Gasteiger partial charge in [-0.25, -0.2) is 9.18 Å². The number of carbonyl (C=O) groups is 1. The first kappa shape index (κ1) is 19.2. The molecule has 0 aliphatic carbocycles. The average Bonchev–Trinajstić information content (AvgIpc) is 2.60. The number of nitrogens with zero attached hydrogens (tertiary/aromatic N) is 1. The minimum absolute atomic E-state index is 0.218. The Kier molecular flexibility index (Phi) is 5.82. The molecule has 0 N–H and O–H groups in total. The Morgan fingerprint density at radius 2 is 1.85 bits per heavy atom. The van der Waals surface area contributed by atoms with Gasteiger partial charge in [-0.1, -0.05) is 30.3 Å². The molecule has 0 aliphatic rings. The van der Waals surface area contributed by atoms with Crippen molar-refractivity contribution in [3.05, 3.63) is 65.0 Å². The number of benzene rings is 2. The summed E-state index contributed by atoms with van der Waals surface area (Å²) < 4.78 is 62.1. The lowest BCUT2D eigenvalue weighted by Gasteiger charge is -2.19. The summed E-state index contributed by atoms with van der Waals surface area (Å²) in [7, 11) is 0. The topological polar surface area (TPSA) is 59.3 Å². The van der Waals surface area contributed by atoms with Gasteiger partial charge in [0.1, 0.15) is 24.0 Å². The molecule has 0 saturated carbocycles. The number of ether oxygens (including phenoxy) is 2. The van der Waals surface area contributed by atoms with Crippen LogP contribution in [0, 0.1) is 17.1 Å². The molecule has 0 radical (unpaired) electrons. The van der Waals surface area contributed by atoms with Crippen molar-refractivity contribution in [1.82, 2.24) is 0 Å². The number of hydrogen-bond donors (Lipinski definition) is 0. The van der Waals surface area contributed by atoms with Gasteiger partial charge in [0, 0.05) is 0 Å². The highest BCUT2D eigenvalue weighted by atomic mass is 19.4. The Labute approximate surface area is 146 Å². The van der Waals surface area contributed by atoms with E-state index in [0.717, 1.165) is 19.1 Å². The summed E-state index contributed by atoms with van der Waals surface area (Å²) in [5.74, 6) is -3.17. The second-order valence-electron chi connectivity index (χ2n) is 5.28. The molecule has 136 valence electrons. The third kappa shape index (κ3) is 4.51. The molecule has 0 heterocycles. The van der Waals surface area contributed by atoms with E-state index < -0.39 is 40.9 Å². The normalized spacial score (nSPS) is 12.2. The maximum atomic E-state index is 14.4. The summed E-state index contributed by atoms with van der Waals surface area (Å²) in [6.07, 6.45) is -6.99. The van der Waals surface area contributed by atoms with Gasteiger partial charge in [0.2, 0.25) is 0 Å². The summed E-state index contributed by atoms with van der Waals surface area (Å²) in [6.45, 7) is 0.499. The number of carbonyl (C=O) groups excluding carboxylic acids is 1. The first-order valence-corrected chi connectivity index (χ1v) is 7.41. The molecule has 4 nitrogen and oxygen atoms in total. The Bertz CT molecular complexity index is 829. The van der Waals surface area contributed by atoms with Crippen molar-refractivity contribution in [2.24, 2.45) is 0 Å².